The highest BCUT2D eigenvalue weighted by molar-refractivity contribution is 5.79. The molecule has 1 amide bonds. The van der Waals surface area contributed by atoms with Crippen LogP contribution in [0, 0.1) is 0 Å². The first kappa shape index (κ1) is 19.3. The summed E-state index contributed by atoms with van der Waals surface area (Å²) in [6, 6.07) is 22.0. The average molecular weight is 390 g/mol. The van der Waals surface area contributed by atoms with E-state index in [1.54, 1.807) is 13.4 Å². The minimum Gasteiger partial charge on any atom is -0.497 e. The normalized spacial score (nSPS) is 14.6. The average Bonchev–Trinajstić information content (AvgIpc) is 3.49. The van der Waals surface area contributed by atoms with Gasteiger partial charge >= 0.3 is 0 Å². The van der Waals surface area contributed by atoms with Gasteiger partial charge in [-0.05, 0) is 48.2 Å². The molecule has 1 aliphatic rings. The first-order valence-corrected chi connectivity index (χ1v) is 9.97. The van der Waals surface area contributed by atoms with Crippen LogP contribution in [-0.4, -0.2) is 30.5 Å². The Morgan fingerprint density at radius 3 is 2.41 bits per heavy atom. The SMILES string of the molecule is COc1ccc(C(NC(=O)CN(Cc2ccco2)C2CC2)c2ccccc2)cc1. The molecule has 1 N–H and O–H groups in total. The zero-order valence-corrected chi connectivity index (χ0v) is 16.6. The van der Waals surface area contributed by atoms with Crippen LogP contribution in [0.1, 0.15) is 35.8 Å². The number of rotatable bonds is 9. The first-order valence-electron chi connectivity index (χ1n) is 9.97. The zero-order valence-electron chi connectivity index (χ0n) is 16.6. The number of furan rings is 1. The van der Waals surface area contributed by atoms with E-state index in [0.717, 1.165) is 35.5 Å². The number of carbonyl (C=O) groups is 1. The van der Waals surface area contributed by atoms with Gasteiger partial charge < -0.3 is 14.5 Å². The maximum atomic E-state index is 13.0. The highest BCUT2D eigenvalue weighted by Crippen LogP contribution is 2.29. The van der Waals surface area contributed by atoms with Crippen LogP contribution in [0.15, 0.2) is 77.4 Å². The van der Waals surface area contributed by atoms with Crippen molar-refractivity contribution >= 4 is 5.91 Å². The Morgan fingerprint density at radius 1 is 1.07 bits per heavy atom. The summed E-state index contributed by atoms with van der Waals surface area (Å²) in [5, 5.41) is 3.23. The van der Waals surface area contributed by atoms with E-state index in [9.17, 15) is 4.79 Å². The summed E-state index contributed by atoms with van der Waals surface area (Å²) in [5.74, 6) is 1.69. The van der Waals surface area contributed by atoms with Crippen LogP contribution in [0.3, 0.4) is 0 Å². The summed E-state index contributed by atoms with van der Waals surface area (Å²) in [7, 11) is 1.65. The molecular formula is C24H26N2O3. The molecule has 4 rings (SSSR count). The minimum absolute atomic E-state index is 0.00753. The van der Waals surface area contributed by atoms with Crippen molar-refractivity contribution in [1.29, 1.82) is 0 Å². The van der Waals surface area contributed by atoms with Crippen molar-refractivity contribution in [2.24, 2.45) is 0 Å². The topological polar surface area (TPSA) is 54.7 Å². The molecule has 1 aromatic heterocycles. The molecule has 29 heavy (non-hydrogen) atoms. The number of carbonyl (C=O) groups excluding carboxylic acids is 1. The van der Waals surface area contributed by atoms with Crippen molar-refractivity contribution in [2.75, 3.05) is 13.7 Å². The van der Waals surface area contributed by atoms with E-state index in [4.69, 9.17) is 9.15 Å². The molecule has 1 heterocycles. The fraction of sp³-hybridized carbons (Fsp3) is 0.292. The quantitative estimate of drug-likeness (QED) is 0.596. The molecule has 1 unspecified atom stereocenters. The third kappa shape index (κ3) is 5.06. The van der Waals surface area contributed by atoms with Crippen molar-refractivity contribution in [2.45, 2.75) is 31.5 Å². The van der Waals surface area contributed by atoms with Crippen LogP contribution in [0.5, 0.6) is 5.75 Å². The molecule has 3 aromatic rings. The lowest BCUT2D eigenvalue weighted by Crippen LogP contribution is -2.40. The van der Waals surface area contributed by atoms with Crippen molar-refractivity contribution in [1.82, 2.24) is 10.2 Å². The molecule has 5 heteroatoms. The van der Waals surface area contributed by atoms with Gasteiger partial charge in [-0.15, -0.1) is 0 Å². The van der Waals surface area contributed by atoms with E-state index in [-0.39, 0.29) is 11.9 Å². The minimum atomic E-state index is -0.209. The Morgan fingerprint density at radius 2 is 1.79 bits per heavy atom. The number of amides is 1. The largest absolute Gasteiger partial charge is 0.497 e. The van der Waals surface area contributed by atoms with Crippen molar-refractivity contribution in [3.8, 4) is 5.75 Å². The summed E-state index contributed by atoms with van der Waals surface area (Å²) in [6.07, 6.45) is 3.94. The summed E-state index contributed by atoms with van der Waals surface area (Å²) < 4.78 is 10.7. The van der Waals surface area contributed by atoms with Gasteiger partial charge in [0.05, 0.1) is 32.5 Å². The standard InChI is InChI=1S/C24H26N2O3/c1-28-21-13-9-19(10-14-21)24(18-6-3-2-4-7-18)25-23(27)17-26(20-11-12-20)16-22-8-5-15-29-22/h2-10,13-15,20,24H,11-12,16-17H2,1H3,(H,25,27). The van der Waals surface area contributed by atoms with Gasteiger partial charge in [0.2, 0.25) is 5.91 Å². The fourth-order valence-corrected chi connectivity index (χ4v) is 3.55. The second kappa shape index (κ2) is 8.97. The van der Waals surface area contributed by atoms with E-state index in [0.29, 0.717) is 19.1 Å². The number of hydrogen-bond donors (Lipinski definition) is 1. The van der Waals surface area contributed by atoms with Gasteiger partial charge in [0.25, 0.3) is 0 Å². The number of benzene rings is 2. The number of methoxy groups -OCH3 is 1. The van der Waals surface area contributed by atoms with Gasteiger partial charge in [-0.2, -0.15) is 0 Å². The maximum Gasteiger partial charge on any atom is 0.234 e. The monoisotopic (exact) mass is 390 g/mol. The molecule has 1 saturated carbocycles. The number of nitrogens with one attached hydrogen (secondary N) is 1. The van der Waals surface area contributed by atoms with E-state index in [1.165, 1.54) is 0 Å². The molecule has 0 spiro atoms. The molecule has 0 saturated heterocycles. The molecule has 0 radical (unpaired) electrons. The highest BCUT2D eigenvalue weighted by atomic mass is 16.5. The Balaban J connectivity index is 1.49. The van der Waals surface area contributed by atoms with E-state index < -0.39 is 0 Å². The molecule has 5 nitrogen and oxygen atoms in total. The smallest absolute Gasteiger partial charge is 0.234 e. The van der Waals surface area contributed by atoms with Crippen molar-refractivity contribution in [3.63, 3.8) is 0 Å². The molecule has 1 atom stereocenters. The maximum absolute atomic E-state index is 13.0. The second-order valence-corrected chi connectivity index (χ2v) is 7.40. The van der Waals surface area contributed by atoms with Crippen LogP contribution < -0.4 is 10.1 Å². The molecule has 0 aliphatic heterocycles. The van der Waals surface area contributed by atoms with Gasteiger partial charge in [0, 0.05) is 6.04 Å². The molecule has 150 valence electrons. The van der Waals surface area contributed by atoms with Gasteiger partial charge in [0.15, 0.2) is 0 Å². The third-order valence-corrected chi connectivity index (χ3v) is 5.24. The Hall–Kier alpha value is -3.05. The molecule has 1 fully saturated rings. The van der Waals surface area contributed by atoms with Gasteiger partial charge in [0.1, 0.15) is 11.5 Å². The molecular weight excluding hydrogens is 364 g/mol. The summed E-state index contributed by atoms with van der Waals surface area (Å²) in [5.41, 5.74) is 2.07. The van der Waals surface area contributed by atoms with Gasteiger partial charge in [-0.3, -0.25) is 9.69 Å². The summed E-state index contributed by atoms with van der Waals surface area (Å²) in [6.45, 7) is 1.01. The zero-order chi connectivity index (χ0) is 20.1. The van der Waals surface area contributed by atoms with Crippen molar-refractivity contribution < 1.29 is 13.9 Å². The van der Waals surface area contributed by atoms with Crippen LogP contribution in [0.4, 0.5) is 0 Å². The Kier molecular flexibility index (Phi) is 5.96. The lowest BCUT2D eigenvalue weighted by atomic mass is 9.98. The van der Waals surface area contributed by atoms with Gasteiger partial charge in [-0.25, -0.2) is 0 Å². The van der Waals surface area contributed by atoms with Crippen LogP contribution >= 0.6 is 0 Å². The van der Waals surface area contributed by atoms with Gasteiger partial charge in [-0.1, -0.05) is 42.5 Å². The number of hydrogen-bond acceptors (Lipinski definition) is 4. The Labute approximate surface area is 171 Å². The fourth-order valence-electron chi connectivity index (χ4n) is 3.55. The van der Waals surface area contributed by atoms with E-state index in [1.807, 2.05) is 66.7 Å². The van der Waals surface area contributed by atoms with E-state index >= 15 is 0 Å². The predicted octanol–water partition coefficient (Wildman–Crippen LogP) is 4.16. The molecule has 1 aliphatic carbocycles. The number of nitrogens with zero attached hydrogens (tertiary/aromatic N) is 1. The predicted molar refractivity (Wildman–Crippen MR) is 112 cm³/mol. The first-order chi connectivity index (χ1) is 14.2. The molecule has 2 aromatic carbocycles. The highest BCUT2D eigenvalue weighted by Gasteiger charge is 2.31. The van der Waals surface area contributed by atoms with E-state index in [2.05, 4.69) is 10.2 Å². The number of ether oxygens (including phenoxy) is 1. The lowest BCUT2D eigenvalue weighted by Gasteiger charge is -2.24. The van der Waals surface area contributed by atoms with Crippen LogP contribution in [0.25, 0.3) is 0 Å². The molecule has 0 bridgehead atoms. The summed E-state index contributed by atoms with van der Waals surface area (Å²) in [4.78, 5) is 15.2. The third-order valence-electron chi connectivity index (χ3n) is 5.24. The van der Waals surface area contributed by atoms with Crippen LogP contribution in [-0.2, 0) is 11.3 Å². The lowest BCUT2D eigenvalue weighted by molar-refractivity contribution is -0.123. The Bertz CT molecular complexity index is 903. The summed E-state index contributed by atoms with van der Waals surface area (Å²) >= 11 is 0. The second-order valence-electron chi connectivity index (χ2n) is 7.40. The van der Waals surface area contributed by atoms with Crippen LogP contribution in [0.2, 0.25) is 0 Å². The van der Waals surface area contributed by atoms with Crippen molar-refractivity contribution in [3.05, 3.63) is 89.9 Å².